The van der Waals surface area contributed by atoms with Crippen LogP contribution in [0.25, 0.3) is 0 Å². The highest BCUT2D eigenvalue weighted by Gasteiger charge is 2.18. The molecule has 4 aromatic carbocycles. The zero-order chi connectivity index (χ0) is 26.7. The molecule has 0 bridgehead atoms. The fraction of sp³-hybridized carbons (Fsp3) is 0.273. The average molecular weight is 497 g/mol. The largest absolute Gasteiger partial charge is 0.507 e. The molecule has 0 atom stereocenters. The van der Waals surface area contributed by atoms with Crippen molar-refractivity contribution in [3.05, 3.63) is 127 Å². The number of hydrogen-bond donors (Lipinski definition) is 4. The molecule has 0 saturated carbocycles. The van der Waals surface area contributed by atoms with Crippen molar-refractivity contribution >= 4 is 0 Å². The van der Waals surface area contributed by atoms with Gasteiger partial charge in [-0.3, -0.25) is 0 Å². The minimum atomic E-state index is 0.0144. The van der Waals surface area contributed by atoms with E-state index in [2.05, 4.69) is 26.0 Å². The molecule has 0 heterocycles. The van der Waals surface area contributed by atoms with Crippen molar-refractivity contribution in [3.63, 3.8) is 0 Å². The van der Waals surface area contributed by atoms with Crippen molar-refractivity contribution in [3.8, 4) is 11.5 Å². The SMILES string of the molecule is Cc1cc(Cc2cc(C)c(O)c(Cc3ccc(CO)cc3)c2C)c(C)c(Cc2ccc(CO)cc2)c1O. The number of aryl methyl sites for hydroxylation is 2. The molecule has 37 heavy (non-hydrogen) atoms. The maximum absolute atomic E-state index is 10.9. The Hall–Kier alpha value is -3.60. The van der Waals surface area contributed by atoms with E-state index in [1.165, 1.54) is 0 Å². The Balaban J connectivity index is 1.69. The summed E-state index contributed by atoms with van der Waals surface area (Å²) in [5, 5.41) is 40.5. The molecule has 0 fully saturated rings. The van der Waals surface area contributed by atoms with Crippen LogP contribution in [0.15, 0.2) is 60.7 Å². The van der Waals surface area contributed by atoms with Crippen LogP contribution in [0.4, 0.5) is 0 Å². The summed E-state index contributed by atoms with van der Waals surface area (Å²) in [5.41, 5.74) is 11.9. The predicted octanol–water partition coefficient (Wildman–Crippen LogP) is 6.09. The summed E-state index contributed by atoms with van der Waals surface area (Å²) < 4.78 is 0. The molecule has 0 aromatic heterocycles. The van der Waals surface area contributed by atoms with Crippen molar-refractivity contribution < 1.29 is 20.4 Å². The summed E-state index contributed by atoms with van der Waals surface area (Å²) in [7, 11) is 0. The molecule has 0 saturated heterocycles. The first-order chi connectivity index (χ1) is 17.7. The molecule has 4 rings (SSSR count). The van der Waals surface area contributed by atoms with Crippen LogP contribution < -0.4 is 0 Å². The number of rotatable bonds is 8. The lowest BCUT2D eigenvalue weighted by Gasteiger charge is -2.20. The van der Waals surface area contributed by atoms with Crippen LogP contribution in [-0.2, 0) is 32.5 Å². The smallest absolute Gasteiger partial charge is 0.122 e. The Kier molecular flexibility index (Phi) is 8.01. The summed E-state index contributed by atoms with van der Waals surface area (Å²) in [6.45, 7) is 8.04. The molecule has 4 aromatic rings. The lowest BCUT2D eigenvalue weighted by molar-refractivity contribution is 0.281. The first kappa shape index (κ1) is 26.5. The summed E-state index contributed by atoms with van der Waals surface area (Å²) in [6.07, 6.45) is 1.92. The van der Waals surface area contributed by atoms with Gasteiger partial charge in [0.25, 0.3) is 0 Å². The Labute approximate surface area is 219 Å². The topological polar surface area (TPSA) is 80.9 Å². The van der Waals surface area contributed by atoms with Crippen LogP contribution >= 0.6 is 0 Å². The van der Waals surface area contributed by atoms with Crippen LogP contribution in [0.2, 0.25) is 0 Å². The zero-order valence-corrected chi connectivity index (χ0v) is 22.1. The molecule has 4 N–H and O–H groups in total. The monoisotopic (exact) mass is 496 g/mol. The highest BCUT2D eigenvalue weighted by molar-refractivity contribution is 5.55. The van der Waals surface area contributed by atoms with Crippen LogP contribution in [0.5, 0.6) is 11.5 Å². The number of aliphatic hydroxyl groups is 2. The van der Waals surface area contributed by atoms with Crippen molar-refractivity contribution in [2.75, 3.05) is 0 Å². The van der Waals surface area contributed by atoms with E-state index in [0.717, 1.165) is 66.8 Å². The van der Waals surface area contributed by atoms with Gasteiger partial charge in [-0.05, 0) is 89.8 Å². The molecule has 4 nitrogen and oxygen atoms in total. The van der Waals surface area contributed by atoms with Gasteiger partial charge in [0, 0.05) is 24.0 Å². The van der Waals surface area contributed by atoms with Gasteiger partial charge in [-0.1, -0.05) is 60.7 Å². The number of hydrogen-bond acceptors (Lipinski definition) is 4. The third kappa shape index (κ3) is 5.71. The highest BCUT2D eigenvalue weighted by Crippen LogP contribution is 2.35. The molecule has 0 aliphatic rings. The standard InChI is InChI=1S/C33H36O4/c1-20-13-28(22(3)30(32(20)36)15-24-5-9-26(18-34)10-6-24)17-29-14-21(2)33(37)31(23(29)4)16-25-7-11-27(19-35)12-8-25/h5-14,34-37H,15-19H2,1-4H3. The van der Waals surface area contributed by atoms with Crippen LogP contribution in [0.1, 0.15) is 66.8 Å². The van der Waals surface area contributed by atoms with E-state index in [9.17, 15) is 20.4 Å². The van der Waals surface area contributed by atoms with Gasteiger partial charge in [-0.15, -0.1) is 0 Å². The first-order valence-corrected chi connectivity index (χ1v) is 12.7. The molecule has 0 spiro atoms. The second-order valence-corrected chi connectivity index (χ2v) is 10.1. The summed E-state index contributed by atoms with van der Waals surface area (Å²) in [6, 6.07) is 19.8. The minimum Gasteiger partial charge on any atom is -0.507 e. The van der Waals surface area contributed by atoms with Crippen molar-refractivity contribution in [2.24, 2.45) is 0 Å². The highest BCUT2D eigenvalue weighted by atomic mass is 16.3. The second-order valence-electron chi connectivity index (χ2n) is 10.1. The molecule has 0 aliphatic carbocycles. The van der Waals surface area contributed by atoms with Gasteiger partial charge in [0.2, 0.25) is 0 Å². The zero-order valence-electron chi connectivity index (χ0n) is 22.1. The van der Waals surface area contributed by atoms with Crippen LogP contribution in [0.3, 0.4) is 0 Å². The number of benzene rings is 4. The van der Waals surface area contributed by atoms with Gasteiger partial charge in [0.1, 0.15) is 11.5 Å². The van der Waals surface area contributed by atoms with Gasteiger partial charge < -0.3 is 20.4 Å². The van der Waals surface area contributed by atoms with E-state index in [0.29, 0.717) is 30.8 Å². The molecular weight excluding hydrogens is 460 g/mol. The third-order valence-corrected chi connectivity index (χ3v) is 7.52. The Bertz CT molecular complexity index is 1290. The maximum Gasteiger partial charge on any atom is 0.122 e. The van der Waals surface area contributed by atoms with Crippen molar-refractivity contribution in [2.45, 2.75) is 60.2 Å². The predicted molar refractivity (Wildman–Crippen MR) is 148 cm³/mol. The number of aliphatic hydroxyl groups excluding tert-OH is 2. The molecule has 0 unspecified atom stereocenters. The quantitative estimate of drug-likeness (QED) is 0.238. The molecule has 192 valence electrons. The Morgan fingerprint density at radius 2 is 0.811 bits per heavy atom. The lowest BCUT2D eigenvalue weighted by atomic mass is 9.86. The van der Waals surface area contributed by atoms with E-state index in [4.69, 9.17) is 0 Å². The normalized spacial score (nSPS) is 11.2. The summed E-state index contributed by atoms with van der Waals surface area (Å²) in [5.74, 6) is 0.663. The fourth-order valence-electron chi connectivity index (χ4n) is 5.03. The number of aromatic hydroxyl groups is 2. The van der Waals surface area contributed by atoms with E-state index in [-0.39, 0.29) is 13.2 Å². The number of phenols is 2. The van der Waals surface area contributed by atoms with E-state index >= 15 is 0 Å². The van der Waals surface area contributed by atoms with Gasteiger partial charge >= 0.3 is 0 Å². The van der Waals surface area contributed by atoms with Crippen LogP contribution in [0, 0.1) is 27.7 Å². The van der Waals surface area contributed by atoms with E-state index in [1.807, 2.05) is 62.4 Å². The minimum absolute atomic E-state index is 0.0144. The lowest BCUT2D eigenvalue weighted by Crippen LogP contribution is -2.04. The summed E-state index contributed by atoms with van der Waals surface area (Å²) >= 11 is 0. The Morgan fingerprint density at radius 3 is 1.14 bits per heavy atom. The first-order valence-electron chi connectivity index (χ1n) is 12.7. The fourth-order valence-corrected chi connectivity index (χ4v) is 5.03. The van der Waals surface area contributed by atoms with Crippen molar-refractivity contribution in [1.29, 1.82) is 0 Å². The average Bonchev–Trinajstić information content (AvgIpc) is 2.91. The molecular formula is C33H36O4. The van der Waals surface area contributed by atoms with Crippen molar-refractivity contribution in [1.82, 2.24) is 0 Å². The Morgan fingerprint density at radius 1 is 0.486 bits per heavy atom. The molecule has 0 aliphatic heterocycles. The molecule has 0 radical (unpaired) electrons. The summed E-state index contributed by atoms with van der Waals surface area (Å²) in [4.78, 5) is 0. The third-order valence-electron chi connectivity index (χ3n) is 7.52. The van der Waals surface area contributed by atoms with E-state index in [1.54, 1.807) is 0 Å². The molecule has 0 amide bonds. The number of phenolic OH excluding ortho intramolecular Hbond substituents is 2. The van der Waals surface area contributed by atoms with Gasteiger partial charge in [-0.2, -0.15) is 0 Å². The van der Waals surface area contributed by atoms with Gasteiger partial charge in [0.15, 0.2) is 0 Å². The maximum atomic E-state index is 10.9. The van der Waals surface area contributed by atoms with E-state index < -0.39 is 0 Å². The second kappa shape index (κ2) is 11.2. The van der Waals surface area contributed by atoms with Gasteiger partial charge in [-0.25, -0.2) is 0 Å². The van der Waals surface area contributed by atoms with Gasteiger partial charge in [0.05, 0.1) is 13.2 Å². The van der Waals surface area contributed by atoms with Crippen LogP contribution in [-0.4, -0.2) is 20.4 Å². The molecule has 4 heteroatoms.